The molecule has 1 aromatic heterocycles. The van der Waals surface area contributed by atoms with Gasteiger partial charge in [-0.15, -0.1) is 0 Å². The first-order valence-corrected chi connectivity index (χ1v) is 8.49. The van der Waals surface area contributed by atoms with Crippen LogP contribution in [0, 0.1) is 0 Å². The predicted molar refractivity (Wildman–Crippen MR) is 87.9 cm³/mol. The molecule has 2 aromatic rings. The first kappa shape index (κ1) is 15.8. The van der Waals surface area contributed by atoms with E-state index in [0.717, 1.165) is 5.56 Å². The quantitative estimate of drug-likeness (QED) is 0.883. The fourth-order valence-electron chi connectivity index (χ4n) is 2.59. The van der Waals surface area contributed by atoms with Gasteiger partial charge in [0.25, 0.3) is 5.91 Å². The summed E-state index contributed by atoms with van der Waals surface area (Å²) in [5.41, 5.74) is 1.60. The van der Waals surface area contributed by atoms with Crippen molar-refractivity contribution in [1.82, 2.24) is 4.90 Å². The third-order valence-corrected chi connectivity index (χ3v) is 4.67. The molecule has 0 bridgehead atoms. The third-order valence-electron chi connectivity index (χ3n) is 3.94. The zero-order valence-corrected chi connectivity index (χ0v) is 13.7. The Labute approximate surface area is 139 Å². The Morgan fingerprint density at radius 1 is 1.35 bits per heavy atom. The van der Waals surface area contributed by atoms with Gasteiger partial charge in [-0.05, 0) is 47.0 Å². The minimum atomic E-state index is -0.215. The molecule has 1 aromatic carbocycles. The molecular formula is C17H19NO4S. The van der Waals surface area contributed by atoms with E-state index in [1.165, 1.54) is 0 Å². The Kier molecular flexibility index (Phi) is 4.83. The summed E-state index contributed by atoms with van der Waals surface area (Å²) in [7, 11) is 0. The number of hydrogen-bond acceptors (Lipinski definition) is 5. The number of ether oxygens (including phenoxy) is 2. The lowest BCUT2D eigenvalue weighted by atomic mass is 10.1. The van der Waals surface area contributed by atoms with Gasteiger partial charge in [0.15, 0.2) is 11.5 Å². The maximum Gasteiger partial charge on any atom is 0.254 e. The second-order valence-electron chi connectivity index (χ2n) is 5.38. The van der Waals surface area contributed by atoms with E-state index in [1.807, 2.05) is 23.8 Å². The first-order chi connectivity index (χ1) is 11.2. The van der Waals surface area contributed by atoms with Crippen molar-refractivity contribution in [3.8, 4) is 11.5 Å². The molecule has 0 saturated carbocycles. The molecule has 1 amide bonds. The molecule has 1 atom stereocenters. The summed E-state index contributed by atoms with van der Waals surface area (Å²) in [5.74, 6) is 1.12. The highest BCUT2D eigenvalue weighted by molar-refractivity contribution is 7.07. The van der Waals surface area contributed by atoms with Crippen LogP contribution in [0.15, 0.2) is 35.0 Å². The molecule has 0 unspecified atom stereocenters. The van der Waals surface area contributed by atoms with Crippen LogP contribution in [0.25, 0.3) is 0 Å². The van der Waals surface area contributed by atoms with Gasteiger partial charge in [-0.25, -0.2) is 0 Å². The van der Waals surface area contributed by atoms with Crippen molar-refractivity contribution in [1.29, 1.82) is 0 Å². The summed E-state index contributed by atoms with van der Waals surface area (Å²) in [6, 6.07) is 6.97. The van der Waals surface area contributed by atoms with E-state index in [9.17, 15) is 9.90 Å². The van der Waals surface area contributed by atoms with Gasteiger partial charge in [0, 0.05) is 12.1 Å². The van der Waals surface area contributed by atoms with Gasteiger partial charge in [-0.3, -0.25) is 4.79 Å². The number of thiophene rings is 1. The van der Waals surface area contributed by atoms with E-state index in [1.54, 1.807) is 34.4 Å². The molecule has 1 aliphatic heterocycles. The number of aliphatic hydroxyl groups excluding tert-OH is 1. The third kappa shape index (κ3) is 3.33. The van der Waals surface area contributed by atoms with Gasteiger partial charge >= 0.3 is 0 Å². The molecule has 0 saturated heterocycles. The molecular weight excluding hydrogens is 314 g/mol. The van der Waals surface area contributed by atoms with E-state index in [4.69, 9.17) is 9.47 Å². The standard InChI is InChI=1S/C17H19NO4S/c1-2-14(9-19)18(8-12-5-6-23-10-12)17(20)13-3-4-15-16(7-13)22-11-21-15/h3-7,10,14,19H,2,8-9,11H2,1H3/t14-/m0/s1. The number of benzene rings is 1. The minimum absolute atomic E-state index is 0.0586. The van der Waals surface area contributed by atoms with Crippen molar-refractivity contribution in [2.75, 3.05) is 13.4 Å². The fourth-order valence-corrected chi connectivity index (χ4v) is 3.25. The van der Waals surface area contributed by atoms with Crippen LogP contribution < -0.4 is 9.47 Å². The number of hydrogen-bond donors (Lipinski definition) is 1. The van der Waals surface area contributed by atoms with Crippen LogP contribution >= 0.6 is 11.3 Å². The number of amides is 1. The van der Waals surface area contributed by atoms with Crippen molar-refractivity contribution in [3.63, 3.8) is 0 Å². The number of fused-ring (bicyclic) bond motifs is 1. The van der Waals surface area contributed by atoms with E-state index in [2.05, 4.69) is 0 Å². The summed E-state index contributed by atoms with van der Waals surface area (Å²) < 4.78 is 10.6. The average molecular weight is 333 g/mol. The Morgan fingerprint density at radius 2 is 2.17 bits per heavy atom. The molecule has 122 valence electrons. The smallest absolute Gasteiger partial charge is 0.254 e. The summed E-state index contributed by atoms with van der Waals surface area (Å²) in [6.07, 6.45) is 0.691. The molecule has 0 spiro atoms. The molecule has 0 radical (unpaired) electrons. The second-order valence-corrected chi connectivity index (χ2v) is 6.16. The highest BCUT2D eigenvalue weighted by Crippen LogP contribution is 2.33. The lowest BCUT2D eigenvalue weighted by molar-refractivity contribution is 0.0564. The maximum atomic E-state index is 13.0. The van der Waals surface area contributed by atoms with Crippen LogP contribution in [0.1, 0.15) is 29.3 Å². The van der Waals surface area contributed by atoms with E-state index >= 15 is 0 Å². The molecule has 23 heavy (non-hydrogen) atoms. The zero-order chi connectivity index (χ0) is 16.2. The van der Waals surface area contributed by atoms with Gasteiger partial charge in [0.05, 0.1) is 12.6 Å². The molecule has 1 aliphatic rings. The van der Waals surface area contributed by atoms with Crippen LogP contribution in [0.5, 0.6) is 11.5 Å². The topological polar surface area (TPSA) is 59.0 Å². The van der Waals surface area contributed by atoms with E-state index in [-0.39, 0.29) is 25.3 Å². The first-order valence-electron chi connectivity index (χ1n) is 7.55. The number of rotatable bonds is 6. The van der Waals surface area contributed by atoms with Gasteiger partial charge in [0.1, 0.15) is 0 Å². The SMILES string of the molecule is CC[C@@H](CO)N(Cc1ccsc1)C(=O)c1ccc2c(c1)OCO2. The molecule has 6 heteroatoms. The minimum Gasteiger partial charge on any atom is -0.454 e. The number of nitrogens with zero attached hydrogens (tertiary/aromatic N) is 1. The zero-order valence-electron chi connectivity index (χ0n) is 12.9. The van der Waals surface area contributed by atoms with Crippen molar-refractivity contribution in [2.24, 2.45) is 0 Å². The Bertz CT molecular complexity index is 667. The molecule has 0 fully saturated rings. The molecule has 2 heterocycles. The number of aliphatic hydroxyl groups is 1. The van der Waals surface area contributed by atoms with Crippen LogP contribution in [0.4, 0.5) is 0 Å². The number of carbonyl (C=O) groups excluding carboxylic acids is 1. The summed E-state index contributed by atoms with van der Waals surface area (Å²) >= 11 is 1.60. The van der Waals surface area contributed by atoms with Gasteiger partial charge in [-0.1, -0.05) is 6.92 Å². The molecule has 1 N–H and O–H groups in total. The van der Waals surface area contributed by atoms with Gasteiger partial charge in [-0.2, -0.15) is 11.3 Å². The predicted octanol–water partition coefficient (Wildman–Crippen LogP) is 2.89. The Balaban J connectivity index is 1.87. The largest absolute Gasteiger partial charge is 0.454 e. The van der Waals surface area contributed by atoms with Gasteiger partial charge in [0.2, 0.25) is 6.79 Å². The van der Waals surface area contributed by atoms with Crippen molar-refractivity contribution >= 4 is 17.2 Å². The Hall–Kier alpha value is -2.05. The summed E-state index contributed by atoms with van der Waals surface area (Å²) in [5, 5.41) is 13.6. The van der Waals surface area contributed by atoms with Crippen molar-refractivity contribution in [2.45, 2.75) is 25.9 Å². The monoisotopic (exact) mass is 333 g/mol. The van der Waals surface area contributed by atoms with Crippen LogP contribution in [-0.4, -0.2) is 35.4 Å². The van der Waals surface area contributed by atoms with Crippen LogP contribution in [0.2, 0.25) is 0 Å². The fraction of sp³-hybridized carbons (Fsp3) is 0.353. The second kappa shape index (κ2) is 7.02. The average Bonchev–Trinajstić information content (AvgIpc) is 3.24. The molecule has 0 aliphatic carbocycles. The summed E-state index contributed by atoms with van der Waals surface area (Å²) in [6.45, 7) is 2.57. The van der Waals surface area contributed by atoms with E-state index < -0.39 is 0 Å². The van der Waals surface area contributed by atoms with Crippen molar-refractivity contribution < 1.29 is 19.4 Å². The Morgan fingerprint density at radius 3 is 2.87 bits per heavy atom. The van der Waals surface area contributed by atoms with E-state index in [0.29, 0.717) is 30.0 Å². The summed E-state index contributed by atoms with van der Waals surface area (Å²) in [4.78, 5) is 14.7. The highest BCUT2D eigenvalue weighted by Gasteiger charge is 2.25. The molecule has 3 rings (SSSR count). The lowest BCUT2D eigenvalue weighted by Crippen LogP contribution is -2.41. The number of carbonyl (C=O) groups is 1. The lowest BCUT2D eigenvalue weighted by Gasteiger charge is -2.30. The van der Waals surface area contributed by atoms with Crippen LogP contribution in [-0.2, 0) is 6.54 Å². The van der Waals surface area contributed by atoms with Crippen LogP contribution in [0.3, 0.4) is 0 Å². The molecule has 5 nitrogen and oxygen atoms in total. The normalized spacial score (nSPS) is 13.8. The van der Waals surface area contributed by atoms with Gasteiger partial charge < -0.3 is 19.5 Å². The maximum absolute atomic E-state index is 13.0. The van der Waals surface area contributed by atoms with Crippen molar-refractivity contribution in [3.05, 3.63) is 46.2 Å². The highest BCUT2D eigenvalue weighted by atomic mass is 32.1.